The lowest BCUT2D eigenvalue weighted by atomic mass is 9.93. The minimum absolute atomic E-state index is 0.141. The van der Waals surface area contributed by atoms with Crippen LogP contribution in [0.1, 0.15) is 29.8 Å². The highest BCUT2D eigenvalue weighted by molar-refractivity contribution is 7.86. The van der Waals surface area contributed by atoms with E-state index >= 15 is 0 Å². The highest BCUT2D eigenvalue weighted by Gasteiger charge is 2.24. The Morgan fingerprint density at radius 3 is 2.38 bits per heavy atom. The summed E-state index contributed by atoms with van der Waals surface area (Å²) in [4.78, 5) is 11.6. The van der Waals surface area contributed by atoms with Crippen LogP contribution >= 0.6 is 0 Å². The molecule has 0 fully saturated rings. The number of rotatable bonds is 7. The van der Waals surface area contributed by atoms with Gasteiger partial charge in [-0.25, -0.2) is 9.37 Å². The molecule has 3 aromatic rings. The van der Waals surface area contributed by atoms with Crippen molar-refractivity contribution in [1.29, 1.82) is 0 Å². The maximum Gasteiger partial charge on any atom is 0.337 e. The third-order valence-corrected chi connectivity index (χ3v) is 7.95. The first-order chi connectivity index (χ1) is 19.1. The second-order valence-electron chi connectivity index (χ2n) is 9.44. The van der Waals surface area contributed by atoms with Crippen LogP contribution in [0.2, 0.25) is 0 Å². The summed E-state index contributed by atoms with van der Waals surface area (Å²) in [7, 11) is -4.52. The topological polar surface area (TPSA) is 120 Å². The van der Waals surface area contributed by atoms with Gasteiger partial charge in [0.05, 0.1) is 17.3 Å². The third kappa shape index (κ3) is 4.97. The molecule has 0 atom stereocenters. The van der Waals surface area contributed by atoms with Crippen LogP contribution in [0.4, 0.5) is 11.4 Å². The predicted octanol–water partition coefficient (Wildman–Crippen LogP) is 6.01. The normalized spacial score (nSPS) is 11.6. The second-order valence-corrected chi connectivity index (χ2v) is 10.8. The van der Waals surface area contributed by atoms with Crippen molar-refractivity contribution < 1.29 is 27.3 Å². The molecule has 8 nitrogen and oxygen atoms in total. The van der Waals surface area contributed by atoms with Crippen molar-refractivity contribution in [2.45, 2.75) is 25.7 Å². The fraction of sp³-hybridized carbons (Fsp3) is 0.161. The van der Waals surface area contributed by atoms with Gasteiger partial charge < -0.3 is 14.8 Å². The van der Waals surface area contributed by atoms with Crippen molar-refractivity contribution in [2.75, 3.05) is 18.4 Å². The molecule has 0 bridgehead atoms. The fourth-order valence-electron chi connectivity index (χ4n) is 5.09. The summed E-state index contributed by atoms with van der Waals surface area (Å²) in [6.07, 6.45) is 0. The largest absolute Gasteiger partial charge is 0.478 e. The van der Waals surface area contributed by atoms with Crippen LogP contribution in [-0.4, -0.2) is 37.1 Å². The number of carboxylic acid groups (broad SMARTS) is 1. The van der Waals surface area contributed by atoms with Gasteiger partial charge in [-0.15, -0.1) is 0 Å². The standard InChI is InChI=1S/C31H28N2O6S/c1-4-33(5-2)21-14-16-23-27(18-21)39-26-17-20(32-30-19(3)9-8-11-25(30)31(34)35)13-15-22(26)29(23)24-10-6-7-12-28(24)40(36,37)38/h6-18H,4-5H2,1-3H3,(H2,34,35,36,37,38)/p+1. The van der Waals surface area contributed by atoms with Crippen LogP contribution in [0.15, 0.2) is 88.2 Å². The lowest BCUT2D eigenvalue weighted by Crippen LogP contribution is -2.29. The molecule has 40 heavy (non-hydrogen) atoms. The number of nitrogens with one attached hydrogen (secondary N) is 1. The zero-order chi connectivity index (χ0) is 28.6. The SMILES string of the molecule is CC[N+](CC)=c1ccc2c(-c3ccccc3S(=O)(=O)O)c3ccc(Nc4c(C)cccc4C(=O)O)cc3oc-2c1. The average molecular weight is 558 g/mol. The fourth-order valence-corrected chi connectivity index (χ4v) is 5.79. The summed E-state index contributed by atoms with van der Waals surface area (Å²) < 4.78 is 43.4. The zero-order valence-corrected chi connectivity index (χ0v) is 23.1. The number of para-hydroxylation sites is 1. The molecule has 0 radical (unpaired) electrons. The number of aromatic carboxylic acids is 1. The lowest BCUT2D eigenvalue weighted by Gasteiger charge is -2.18. The summed E-state index contributed by atoms with van der Waals surface area (Å²) >= 11 is 0. The Morgan fingerprint density at radius 1 is 0.925 bits per heavy atom. The summed E-state index contributed by atoms with van der Waals surface area (Å²) in [5.74, 6) is -0.507. The van der Waals surface area contributed by atoms with E-state index in [9.17, 15) is 22.9 Å². The molecular weight excluding hydrogens is 528 g/mol. The average Bonchev–Trinajstić information content (AvgIpc) is 2.92. The molecule has 0 aromatic heterocycles. The van der Waals surface area contributed by atoms with Gasteiger partial charge in [-0.3, -0.25) is 4.55 Å². The van der Waals surface area contributed by atoms with Crippen molar-refractivity contribution in [3.05, 3.63) is 95.3 Å². The molecule has 0 saturated heterocycles. The van der Waals surface area contributed by atoms with Crippen molar-refractivity contribution in [3.8, 4) is 22.5 Å². The molecule has 0 spiro atoms. The minimum Gasteiger partial charge on any atom is -0.478 e. The quantitative estimate of drug-likeness (QED) is 0.127. The van der Waals surface area contributed by atoms with Crippen LogP contribution in [0, 0.1) is 6.92 Å². The van der Waals surface area contributed by atoms with E-state index in [4.69, 9.17) is 4.42 Å². The highest BCUT2D eigenvalue weighted by Crippen LogP contribution is 2.43. The van der Waals surface area contributed by atoms with Crippen LogP contribution in [0.25, 0.3) is 33.4 Å². The van der Waals surface area contributed by atoms with E-state index in [1.807, 2.05) is 31.2 Å². The number of anilines is 2. The van der Waals surface area contributed by atoms with Gasteiger partial charge in [0.15, 0.2) is 0 Å². The molecule has 0 saturated carbocycles. The Hall–Kier alpha value is -4.47. The number of nitrogens with zero attached hydrogens (tertiary/aromatic N) is 1. The van der Waals surface area contributed by atoms with Gasteiger partial charge in [0, 0.05) is 39.9 Å². The van der Waals surface area contributed by atoms with Gasteiger partial charge in [0.2, 0.25) is 5.36 Å². The predicted molar refractivity (Wildman–Crippen MR) is 156 cm³/mol. The molecule has 9 heteroatoms. The summed E-state index contributed by atoms with van der Waals surface area (Å²) in [6, 6.07) is 22.5. The van der Waals surface area contributed by atoms with Crippen molar-refractivity contribution in [3.63, 3.8) is 0 Å². The number of hydrogen-bond donors (Lipinski definition) is 3. The second kappa shape index (κ2) is 10.6. The van der Waals surface area contributed by atoms with Crippen LogP contribution in [-0.2, 0) is 10.1 Å². The number of benzene rings is 4. The molecule has 3 aromatic carbocycles. The number of aryl methyl sites for hydroxylation is 1. The van der Waals surface area contributed by atoms with E-state index in [1.165, 1.54) is 12.1 Å². The van der Waals surface area contributed by atoms with Crippen molar-refractivity contribution in [1.82, 2.24) is 4.58 Å². The Kier molecular flexibility index (Phi) is 7.18. The van der Waals surface area contributed by atoms with Crippen LogP contribution in [0.3, 0.4) is 0 Å². The number of carbonyl (C=O) groups is 1. The zero-order valence-electron chi connectivity index (χ0n) is 22.3. The molecular formula is C31H29N2O6S+. The van der Waals surface area contributed by atoms with Crippen molar-refractivity contribution >= 4 is 38.4 Å². The molecule has 0 unspecified atom stereocenters. The monoisotopic (exact) mass is 557 g/mol. The Labute approximate surface area is 231 Å². The van der Waals surface area contributed by atoms with Gasteiger partial charge in [0.1, 0.15) is 29.3 Å². The Morgan fingerprint density at radius 2 is 1.68 bits per heavy atom. The highest BCUT2D eigenvalue weighted by atomic mass is 32.2. The van der Waals surface area contributed by atoms with E-state index in [2.05, 4.69) is 23.7 Å². The third-order valence-electron chi connectivity index (χ3n) is 7.04. The van der Waals surface area contributed by atoms with Gasteiger partial charge in [0.25, 0.3) is 10.1 Å². The smallest absolute Gasteiger partial charge is 0.337 e. The van der Waals surface area contributed by atoms with Gasteiger partial charge in [-0.1, -0.05) is 30.3 Å². The first-order valence-electron chi connectivity index (χ1n) is 12.9. The molecule has 0 amide bonds. The molecule has 1 aliphatic carbocycles. The Bertz CT molecular complexity index is 1920. The number of hydrogen-bond acceptors (Lipinski definition) is 5. The van der Waals surface area contributed by atoms with Crippen molar-refractivity contribution in [2.24, 2.45) is 0 Å². The molecule has 2 aliphatic rings. The van der Waals surface area contributed by atoms with Crippen LogP contribution in [0.5, 0.6) is 0 Å². The van der Waals surface area contributed by atoms with Gasteiger partial charge in [-0.2, -0.15) is 8.42 Å². The van der Waals surface area contributed by atoms with E-state index in [-0.39, 0.29) is 10.5 Å². The lowest BCUT2D eigenvalue weighted by molar-refractivity contribution is 0.0698. The van der Waals surface area contributed by atoms with E-state index in [0.717, 1.165) is 24.0 Å². The summed E-state index contributed by atoms with van der Waals surface area (Å²) in [5, 5.41) is 14.5. The van der Waals surface area contributed by atoms with E-state index in [1.54, 1.807) is 42.5 Å². The number of fused-ring (bicyclic) bond motifs is 2. The molecule has 1 heterocycles. The first kappa shape index (κ1) is 27.1. The van der Waals surface area contributed by atoms with Gasteiger partial charge >= 0.3 is 5.97 Å². The Balaban J connectivity index is 1.82. The van der Waals surface area contributed by atoms with E-state index in [0.29, 0.717) is 44.8 Å². The molecule has 204 valence electrons. The van der Waals surface area contributed by atoms with E-state index < -0.39 is 16.1 Å². The van der Waals surface area contributed by atoms with Crippen LogP contribution < -0.4 is 15.2 Å². The van der Waals surface area contributed by atoms with Gasteiger partial charge in [-0.05, 0) is 56.7 Å². The first-order valence-corrected chi connectivity index (χ1v) is 14.3. The maximum absolute atomic E-state index is 12.4. The molecule has 1 aliphatic heterocycles. The maximum atomic E-state index is 12.4. The summed E-state index contributed by atoms with van der Waals surface area (Å²) in [5.41, 5.74) is 4.07. The summed E-state index contributed by atoms with van der Waals surface area (Å²) in [6.45, 7) is 7.55. The number of carboxylic acids is 1. The molecule has 3 N–H and O–H groups in total. The minimum atomic E-state index is -4.52. The molecule has 5 rings (SSSR count).